The Hall–Kier alpha value is -2.61. The fraction of sp³-hybridized carbons (Fsp3) is 0.176. The van der Waals surface area contributed by atoms with Gasteiger partial charge in [0.25, 0.3) is 5.91 Å². The Morgan fingerprint density at radius 3 is 2.76 bits per heavy atom. The average molecular weight is 410 g/mol. The van der Waals surface area contributed by atoms with Crippen LogP contribution >= 0.6 is 15.9 Å². The van der Waals surface area contributed by atoms with Crippen LogP contribution in [0.2, 0.25) is 0 Å². The number of benzene rings is 2. The quantitative estimate of drug-likeness (QED) is 0.768. The van der Waals surface area contributed by atoms with Gasteiger partial charge in [0.2, 0.25) is 6.79 Å². The second-order valence-electron chi connectivity index (χ2n) is 5.16. The first-order chi connectivity index (χ1) is 12.0. The molecule has 130 valence electrons. The Balaban J connectivity index is 1.48. The molecule has 0 fully saturated rings. The summed E-state index contributed by atoms with van der Waals surface area (Å²) in [6.45, 7) is 0.000507. The third kappa shape index (κ3) is 4.27. The van der Waals surface area contributed by atoms with Gasteiger partial charge in [-0.1, -0.05) is 6.07 Å². The molecule has 0 aliphatic carbocycles. The Morgan fingerprint density at radius 2 is 1.96 bits per heavy atom. The molecule has 1 aliphatic rings. The van der Waals surface area contributed by atoms with Crippen molar-refractivity contribution in [2.45, 2.75) is 6.54 Å². The third-order valence-corrected chi connectivity index (χ3v) is 4.07. The van der Waals surface area contributed by atoms with Crippen molar-refractivity contribution in [1.29, 1.82) is 0 Å². The summed E-state index contributed by atoms with van der Waals surface area (Å²) in [7, 11) is 0. The number of carbonyl (C=O) groups excluding carboxylic acids is 2. The first-order valence-electron chi connectivity index (χ1n) is 7.30. The van der Waals surface area contributed by atoms with E-state index in [1.165, 1.54) is 6.07 Å². The summed E-state index contributed by atoms with van der Waals surface area (Å²) < 4.78 is 28.7. The molecule has 0 spiro atoms. The molecule has 0 radical (unpaired) electrons. The smallest absolute Gasteiger partial charge is 0.339 e. The van der Waals surface area contributed by atoms with Crippen LogP contribution in [-0.2, 0) is 16.1 Å². The number of carbonyl (C=O) groups is 2. The number of hydrogen-bond donors (Lipinski definition) is 1. The summed E-state index contributed by atoms with van der Waals surface area (Å²) in [5.41, 5.74) is 0.968. The number of hydrogen-bond acceptors (Lipinski definition) is 5. The fourth-order valence-corrected chi connectivity index (χ4v) is 2.68. The molecular weight excluding hydrogens is 397 g/mol. The van der Waals surface area contributed by atoms with Gasteiger partial charge in [0.05, 0.1) is 5.56 Å². The van der Waals surface area contributed by atoms with Crippen LogP contribution in [0.1, 0.15) is 15.9 Å². The van der Waals surface area contributed by atoms with E-state index >= 15 is 0 Å². The van der Waals surface area contributed by atoms with Crippen LogP contribution in [0, 0.1) is 5.82 Å². The highest BCUT2D eigenvalue weighted by Gasteiger charge is 2.15. The predicted octanol–water partition coefficient (Wildman–Crippen LogP) is 2.79. The van der Waals surface area contributed by atoms with E-state index in [0.29, 0.717) is 11.5 Å². The average Bonchev–Trinajstić information content (AvgIpc) is 3.05. The van der Waals surface area contributed by atoms with Crippen LogP contribution in [0.15, 0.2) is 40.9 Å². The molecule has 0 saturated heterocycles. The molecule has 0 unspecified atom stereocenters. The number of nitrogens with one attached hydrogen (secondary N) is 1. The van der Waals surface area contributed by atoms with Crippen LogP contribution in [0.5, 0.6) is 11.5 Å². The lowest BCUT2D eigenvalue weighted by molar-refractivity contribution is -0.124. The number of halogens is 2. The summed E-state index contributed by atoms with van der Waals surface area (Å²) in [6, 6.07) is 8.90. The fourth-order valence-electron chi connectivity index (χ4n) is 2.17. The molecule has 2 aromatic rings. The molecule has 25 heavy (non-hydrogen) atoms. The van der Waals surface area contributed by atoms with E-state index in [-0.39, 0.29) is 23.4 Å². The van der Waals surface area contributed by atoms with Crippen molar-refractivity contribution in [2.75, 3.05) is 13.4 Å². The van der Waals surface area contributed by atoms with Crippen molar-refractivity contribution in [3.8, 4) is 11.5 Å². The number of esters is 1. The van der Waals surface area contributed by atoms with E-state index in [1.54, 1.807) is 18.2 Å². The van der Waals surface area contributed by atoms with Gasteiger partial charge in [-0.05, 0) is 51.8 Å². The topological polar surface area (TPSA) is 73.9 Å². The van der Waals surface area contributed by atoms with E-state index in [1.807, 2.05) is 0 Å². The Morgan fingerprint density at radius 1 is 1.16 bits per heavy atom. The van der Waals surface area contributed by atoms with Crippen molar-refractivity contribution in [3.05, 3.63) is 57.8 Å². The van der Waals surface area contributed by atoms with E-state index < -0.39 is 24.3 Å². The molecule has 3 rings (SSSR count). The zero-order valence-electron chi connectivity index (χ0n) is 12.9. The van der Waals surface area contributed by atoms with Crippen molar-refractivity contribution in [3.63, 3.8) is 0 Å². The van der Waals surface area contributed by atoms with Crippen LogP contribution in [0.3, 0.4) is 0 Å². The molecular formula is C17H13BrFNO5. The molecule has 1 N–H and O–H groups in total. The second-order valence-corrected chi connectivity index (χ2v) is 6.02. The minimum atomic E-state index is -0.717. The third-order valence-electron chi connectivity index (χ3n) is 3.41. The minimum absolute atomic E-state index is 0.143. The lowest BCUT2D eigenvalue weighted by Gasteiger charge is -2.08. The lowest BCUT2D eigenvalue weighted by atomic mass is 10.2. The molecule has 2 aromatic carbocycles. The highest BCUT2D eigenvalue weighted by Crippen LogP contribution is 2.32. The van der Waals surface area contributed by atoms with Gasteiger partial charge in [0.15, 0.2) is 18.1 Å². The lowest BCUT2D eigenvalue weighted by Crippen LogP contribution is -2.28. The highest BCUT2D eigenvalue weighted by atomic mass is 79.9. The maximum Gasteiger partial charge on any atom is 0.339 e. The van der Waals surface area contributed by atoms with Gasteiger partial charge >= 0.3 is 5.97 Å². The second kappa shape index (κ2) is 7.52. The zero-order chi connectivity index (χ0) is 17.8. The molecule has 1 aliphatic heterocycles. The standard InChI is InChI=1S/C17H13BrFNO5/c18-13-6-11(19)2-3-12(13)17(22)23-8-16(21)20-7-10-1-4-14-15(5-10)25-9-24-14/h1-6H,7-9H2,(H,20,21). The molecule has 6 nitrogen and oxygen atoms in total. The van der Waals surface area contributed by atoms with E-state index in [4.69, 9.17) is 14.2 Å². The number of amides is 1. The zero-order valence-corrected chi connectivity index (χ0v) is 14.5. The molecule has 0 bridgehead atoms. The number of ether oxygens (including phenoxy) is 3. The van der Waals surface area contributed by atoms with Crippen LogP contribution in [-0.4, -0.2) is 25.3 Å². The van der Waals surface area contributed by atoms with Crippen molar-refractivity contribution in [1.82, 2.24) is 5.32 Å². The van der Waals surface area contributed by atoms with Crippen LogP contribution in [0.25, 0.3) is 0 Å². The first kappa shape index (κ1) is 17.2. The van der Waals surface area contributed by atoms with Gasteiger partial charge in [-0.25, -0.2) is 9.18 Å². The SMILES string of the molecule is O=C(COC(=O)c1ccc(F)cc1Br)NCc1ccc2c(c1)OCO2. The summed E-state index contributed by atoms with van der Waals surface area (Å²) in [5.74, 6) is -0.368. The number of rotatable bonds is 5. The summed E-state index contributed by atoms with van der Waals surface area (Å²) in [4.78, 5) is 23.7. The summed E-state index contributed by atoms with van der Waals surface area (Å²) >= 11 is 3.08. The normalized spacial score (nSPS) is 11.9. The molecule has 8 heteroatoms. The Kier molecular flexibility index (Phi) is 5.18. The minimum Gasteiger partial charge on any atom is -0.454 e. The summed E-state index contributed by atoms with van der Waals surface area (Å²) in [5, 5.41) is 2.64. The van der Waals surface area contributed by atoms with Crippen molar-refractivity contribution < 1.29 is 28.2 Å². The van der Waals surface area contributed by atoms with E-state index in [0.717, 1.165) is 17.7 Å². The highest BCUT2D eigenvalue weighted by molar-refractivity contribution is 9.10. The van der Waals surface area contributed by atoms with Gasteiger partial charge in [-0.3, -0.25) is 4.79 Å². The molecule has 0 saturated carbocycles. The molecule has 1 heterocycles. The number of fused-ring (bicyclic) bond motifs is 1. The van der Waals surface area contributed by atoms with Gasteiger partial charge in [0.1, 0.15) is 5.82 Å². The van der Waals surface area contributed by atoms with Gasteiger partial charge in [-0.15, -0.1) is 0 Å². The molecule has 1 amide bonds. The van der Waals surface area contributed by atoms with Gasteiger partial charge < -0.3 is 19.5 Å². The van der Waals surface area contributed by atoms with Crippen LogP contribution < -0.4 is 14.8 Å². The van der Waals surface area contributed by atoms with Crippen molar-refractivity contribution in [2.24, 2.45) is 0 Å². The van der Waals surface area contributed by atoms with Gasteiger partial charge in [-0.2, -0.15) is 0 Å². The first-order valence-corrected chi connectivity index (χ1v) is 8.09. The summed E-state index contributed by atoms with van der Waals surface area (Å²) in [6.07, 6.45) is 0. The predicted molar refractivity (Wildman–Crippen MR) is 88.8 cm³/mol. The van der Waals surface area contributed by atoms with Crippen molar-refractivity contribution >= 4 is 27.8 Å². The maximum absolute atomic E-state index is 13.0. The molecule has 0 aromatic heterocycles. The monoisotopic (exact) mass is 409 g/mol. The van der Waals surface area contributed by atoms with Gasteiger partial charge in [0, 0.05) is 11.0 Å². The Labute approximate surface area is 151 Å². The van der Waals surface area contributed by atoms with Crippen LogP contribution in [0.4, 0.5) is 4.39 Å². The van der Waals surface area contributed by atoms with E-state index in [9.17, 15) is 14.0 Å². The van der Waals surface area contributed by atoms with E-state index in [2.05, 4.69) is 21.2 Å². The largest absolute Gasteiger partial charge is 0.454 e. The molecule has 0 atom stereocenters. The maximum atomic E-state index is 13.0. The Bertz CT molecular complexity index is 827.